The molecule has 0 saturated carbocycles. The maximum atomic E-state index is 4.98. The summed E-state index contributed by atoms with van der Waals surface area (Å²) in [6.45, 7) is 3.99. The molecule has 5 nitrogen and oxygen atoms in total. The molecule has 1 aromatic heterocycles. The molecule has 1 aromatic rings. The van der Waals surface area contributed by atoms with Crippen molar-refractivity contribution in [3.63, 3.8) is 0 Å². The van der Waals surface area contributed by atoms with Gasteiger partial charge >= 0.3 is 6.01 Å². The summed E-state index contributed by atoms with van der Waals surface area (Å²) in [5, 5.41) is 3.30. The molecule has 0 unspecified atom stereocenters. The molecular formula is C9H15ClN4O. The van der Waals surface area contributed by atoms with Crippen LogP contribution >= 0.6 is 12.4 Å². The highest BCUT2D eigenvalue weighted by molar-refractivity contribution is 5.85. The van der Waals surface area contributed by atoms with E-state index in [1.54, 1.807) is 13.3 Å². The second kappa shape index (κ2) is 5.72. The number of ether oxygens (including phenoxy) is 1. The van der Waals surface area contributed by atoms with Crippen LogP contribution in [0.1, 0.15) is 0 Å². The Labute approximate surface area is 95.3 Å². The minimum Gasteiger partial charge on any atom is -0.467 e. The number of rotatable bonds is 2. The molecule has 1 saturated heterocycles. The Balaban J connectivity index is 0.00000112. The van der Waals surface area contributed by atoms with E-state index in [1.165, 1.54) is 0 Å². The fourth-order valence-electron chi connectivity index (χ4n) is 1.50. The lowest BCUT2D eigenvalue weighted by atomic mass is 10.3. The molecule has 0 aliphatic carbocycles. The van der Waals surface area contributed by atoms with Gasteiger partial charge in [-0.1, -0.05) is 0 Å². The first-order chi connectivity index (χ1) is 6.90. The molecule has 0 atom stereocenters. The molecule has 0 radical (unpaired) electrons. The van der Waals surface area contributed by atoms with Crippen LogP contribution < -0.4 is 15.0 Å². The number of hydrogen-bond acceptors (Lipinski definition) is 5. The SMILES string of the molecule is COc1nccc(N2CCNCC2)n1.Cl. The Kier molecular flexibility index (Phi) is 4.58. The zero-order valence-electron chi connectivity index (χ0n) is 8.64. The number of anilines is 1. The first-order valence-corrected chi connectivity index (χ1v) is 4.73. The summed E-state index contributed by atoms with van der Waals surface area (Å²) < 4.78 is 4.98. The molecule has 0 spiro atoms. The van der Waals surface area contributed by atoms with Gasteiger partial charge in [-0.15, -0.1) is 12.4 Å². The van der Waals surface area contributed by atoms with Gasteiger partial charge in [-0.2, -0.15) is 4.98 Å². The van der Waals surface area contributed by atoms with Gasteiger partial charge in [0.2, 0.25) is 0 Å². The Morgan fingerprint density at radius 3 is 2.80 bits per heavy atom. The summed E-state index contributed by atoms with van der Waals surface area (Å²) in [6.07, 6.45) is 1.73. The average Bonchev–Trinajstić information content (AvgIpc) is 2.30. The molecule has 1 N–H and O–H groups in total. The maximum Gasteiger partial charge on any atom is 0.318 e. The first kappa shape index (κ1) is 12.0. The normalized spacial score (nSPS) is 15.7. The molecule has 2 heterocycles. The van der Waals surface area contributed by atoms with Gasteiger partial charge in [0.25, 0.3) is 0 Å². The Hall–Kier alpha value is -1.07. The Bertz CT molecular complexity index is 304. The molecule has 0 bridgehead atoms. The maximum absolute atomic E-state index is 4.98. The molecular weight excluding hydrogens is 216 g/mol. The van der Waals surface area contributed by atoms with E-state index < -0.39 is 0 Å². The molecule has 15 heavy (non-hydrogen) atoms. The number of methoxy groups -OCH3 is 1. The van der Waals surface area contributed by atoms with E-state index in [9.17, 15) is 0 Å². The van der Waals surface area contributed by atoms with Gasteiger partial charge in [-0.25, -0.2) is 4.98 Å². The van der Waals surface area contributed by atoms with Crippen molar-refractivity contribution in [2.24, 2.45) is 0 Å². The second-order valence-corrected chi connectivity index (χ2v) is 3.14. The standard InChI is InChI=1S/C9H14N4O.ClH/c1-14-9-11-3-2-8(12-9)13-6-4-10-5-7-13;/h2-3,10H,4-7H2,1H3;1H. The largest absolute Gasteiger partial charge is 0.467 e. The van der Waals surface area contributed by atoms with Crippen molar-refractivity contribution in [2.45, 2.75) is 0 Å². The van der Waals surface area contributed by atoms with Gasteiger partial charge in [0.1, 0.15) is 5.82 Å². The van der Waals surface area contributed by atoms with Crippen LogP contribution in [0.2, 0.25) is 0 Å². The lowest BCUT2D eigenvalue weighted by molar-refractivity contribution is 0.379. The summed E-state index contributed by atoms with van der Waals surface area (Å²) in [5.41, 5.74) is 0. The quantitative estimate of drug-likeness (QED) is 0.793. The Morgan fingerprint density at radius 2 is 2.13 bits per heavy atom. The van der Waals surface area contributed by atoms with Crippen molar-refractivity contribution in [1.29, 1.82) is 0 Å². The predicted octanol–water partition coefficient (Wildman–Crippen LogP) is 0.317. The van der Waals surface area contributed by atoms with E-state index in [4.69, 9.17) is 4.74 Å². The summed E-state index contributed by atoms with van der Waals surface area (Å²) in [6, 6.07) is 2.34. The van der Waals surface area contributed by atoms with E-state index in [-0.39, 0.29) is 12.4 Å². The van der Waals surface area contributed by atoms with Crippen molar-refractivity contribution in [1.82, 2.24) is 15.3 Å². The van der Waals surface area contributed by atoms with Gasteiger partial charge in [0.05, 0.1) is 7.11 Å². The molecule has 0 aromatic carbocycles. The number of piperazine rings is 1. The highest BCUT2D eigenvalue weighted by Crippen LogP contribution is 2.13. The summed E-state index contributed by atoms with van der Waals surface area (Å²) in [5.74, 6) is 0.943. The zero-order valence-corrected chi connectivity index (χ0v) is 9.46. The third-order valence-corrected chi connectivity index (χ3v) is 2.24. The number of halogens is 1. The van der Waals surface area contributed by atoms with Crippen molar-refractivity contribution < 1.29 is 4.74 Å². The molecule has 1 aliphatic heterocycles. The lowest BCUT2D eigenvalue weighted by Gasteiger charge is -2.28. The molecule has 1 aliphatic rings. The predicted molar refractivity (Wildman–Crippen MR) is 60.9 cm³/mol. The average molecular weight is 231 g/mol. The van der Waals surface area contributed by atoms with Crippen LogP contribution in [0.25, 0.3) is 0 Å². The molecule has 0 amide bonds. The van der Waals surface area contributed by atoms with E-state index in [1.807, 2.05) is 6.07 Å². The van der Waals surface area contributed by atoms with Gasteiger partial charge in [0.15, 0.2) is 0 Å². The zero-order chi connectivity index (χ0) is 9.80. The van der Waals surface area contributed by atoms with Gasteiger partial charge in [0, 0.05) is 32.4 Å². The van der Waals surface area contributed by atoms with E-state index in [2.05, 4.69) is 20.2 Å². The third-order valence-electron chi connectivity index (χ3n) is 2.24. The molecule has 1 fully saturated rings. The number of nitrogens with zero attached hydrogens (tertiary/aromatic N) is 3. The van der Waals surface area contributed by atoms with E-state index >= 15 is 0 Å². The third kappa shape index (κ3) is 2.94. The fraction of sp³-hybridized carbons (Fsp3) is 0.556. The number of hydrogen-bond donors (Lipinski definition) is 1. The van der Waals surface area contributed by atoms with Crippen LogP contribution in [0.3, 0.4) is 0 Å². The Morgan fingerprint density at radius 1 is 1.40 bits per heavy atom. The van der Waals surface area contributed by atoms with E-state index in [0.717, 1.165) is 32.0 Å². The van der Waals surface area contributed by atoms with Crippen molar-refractivity contribution >= 4 is 18.2 Å². The van der Waals surface area contributed by atoms with Crippen LogP contribution in [-0.2, 0) is 0 Å². The van der Waals surface area contributed by atoms with Crippen LogP contribution in [0.15, 0.2) is 12.3 Å². The first-order valence-electron chi connectivity index (χ1n) is 4.73. The molecule has 84 valence electrons. The molecule has 2 rings (SSSR count). The van der Waals surface area contributed by atoms with Crippen LogP contribution in [0.4, 0.5) is 5.82 Å². The number of aromatic nitrogens is 2. The highest BCUT2D eigenvalue weighted by atomic mass is 35.5. The van der Waals surface area contributed by atoms with Crippen LogP contribution in [-0.4, -0.2) is 43.3 Å². The van der Waals surface area contributed by atoms with Crippen LogP contribution in [0.5, 0.6) is 6.01 Å². The van der Waals surface area contributed by atoms with Gasteiger partial charge in [-0.05, 0) is 6.07 Å². The summed E-state index contributed by atoms with van der Waals surface area (Å²) in [4.78, 5) is 10.5. The lowest BCUT2D eigenvalue weighted by Crippen LogP contribution is -2.43. The smallest absolute Gasteiger partial charge is 0.318 e. The second-order valence-electron chi connectivity index (χ2n) is 3.14. The molecule has 6 heteroatoms. The minimum absolute atomic E-state index is 0. The fourth-order valence-corrected chi connectivity index (χ4v) is 1.50. The topological polar surface area (TPSA) is 50.3 Å². The monoisotopic (exact) mass is 230 g/mol. The van der Waals surface area contributed by atoms with Crippen molar-refractivity contribution in [3.8, 4) is 6.01 Å². The van der Waals surface area contributed by atoms with Crippen LogP contribution in [0, 0.1) is 0 Å². The van der Waals surface area contributed by atoms with Gasteiger partial charge in [-0.3, -0.25) is 0 Å². The van der Waals surface area contributed by atoms with E-state index in [0.29, 0.717) is 6.01 Å². The number of nitrogens with one attached hydrogen (secondary N) is 1. The highest BCUT2D eigenvalue weighted by Gasteiger charge is 2.11. The summed E-state index contributed by atoms with van der Waals surface area (Å²) in [7, 11) is 1.58. The summed E-state index contributed by atoms with van der Waals surface area (Å²) >= 11 is 0. The van der Waals surface area contributed by atoms with Crippen molar-refractivity contribution in [3.05, 3.63) is 12.3 Å². The van der Waals surface area contributed by atoms with Gasteiger partial charge < -0.3 is 15.0 Å². The minimum atomic E-state index is 0. The van der Waals surface area contributed by atoms with Crippen molar-refractivity contribution in [2.75, 3.05) is 38.2 Å².